The van der Waals surface area contributed by atoms with Crippen LogP contribution in [0.1, 0.15) is 107 Å². The Kier molecular flexibility index (Phi) is 12.7. The normalized spacial score (nSPS) is 52.6. The second kappa shape index (κ2) is 15.9. The highest BCUT2D eigenvalue weighted by atomic mass is 16.7. The Bertz CT molecular complexity index is 1400. The number of allylic oxidation sites excluding steroid dienone is 2. The zero-order valence-electron chi connectivity index (χ0n) is 34.6. The number of ether oxygens (including phenoxy) is 4. The van der Waals surface area contributed by atoms with Crippen molar-refractivity contribution in [1.29, 1.82) is 0 Å². The summed E-state index contributed by atoms with van der Waals surface area (Å²) in [7, 11) is 0. The van der Waals surface area contributed by atoms with Crippen LogP contribution in [0.25, 0.3) is 0 Å². The molecule has 4 saturated carbocycles. The number of rotatable bonds is 10. The van der Waals surface area contributed by atoms with Crippen LogP contribution in [0.4, 0.5) is 0 Å². The molecule has 14 heteroatoms. The van der Waals surface area contributed by atoms with Crippen LogP contribution >= 0.6 is 0 Å². The SMILES string of the molecule is CC(C)=CCC[C@](C)(OC1O[C@H](CO)[C@@H](O)[C@H](O)[C@H]1O)[C@H]1CC[C@]2(C)[C@@H]1[C@H](O)C[C@@H]1[C@@]3(C)CC[C@H](O)C(C)(C)[C@@H]3[C@@H](OC3OC(CO)[C@@H](O)[C@H](O)[C@H]3O)C[C@]12C. The molecule has 0 bridgehead atoms. The summed E-state index contributed by atoms with van der Waals surface area (Å²) in [6.07, 6.45) is -9.52. The van der Waals surface area contributed by atoms with Crippen molar-refractivity contribution in [3.05, 3.63) is 11.6 Å². The van der Waals surface area contributed by atoms with E-state index in [0.29, 0.717) is 44.9 Å². The van der Waals surface area contributed by atoms with E-state index >= 15 is 0 Å². The van der Waals surface area contributed by atoms with Gasteiger partial charge in [-0.15, -0.1) is 0 Å². The molecule has 14 nitrogen and oxygen atoms in total. The van der Waals surface area contributed by atoms with Gasteiger partial charge in [0.1, 0.15) is 48.8 Å². The fourth-order valence-corrected chi connectivity index (χ4v) is 13.5. The first-order valence-electron chi connectivity index (χ1n) is 21.0. The standard InChI is InChI=1S/C42H72O14/c1-20(2)10-9-13-42(8,56-37-34(52)32(50)30(48)25(19-44)55-37)21-11-15-40(6)28(21)22(45)16-26-39(5)14-12-27(46)38(3,4)35(39)23(17-41(26,40)7)53-36-33(51)31(49)29(47)24(18-43)54-36/h10,21-37,43-52H,9,11-19H2,1-8H3/t21-,22+,23-,24?,25+,26+,27-,28-,29+,30+,31-,32-,33+,34+,35-,36?,37?,39+,40+,41+,42-/m0/s1. The van der Waals surface area contributed by atoms with Crippen molar-refractivity contribution in [3.63, 3.8) is 0 Å². The van der Waals surface area contributed by atoms with Crippen LogP contribution in [0, 0.1) is 45.3 Å². The third kappa shape index (κ3) is 7.06. The van der Waals surface area contributed by atoms with Gasteiger partial charge in [-0.1, -0.05) is 46.3 Å². The minimum Gasteiger partial charge on any atom is -0.394 e. The topological polar surface area (TPSA) is 239 Å². The van der Waals surface area contributed by atoms with E-state index < -0.39 is 120 Å². The first-order valence-corrected chi connectivity index (χ1v) is 21.0. The molecule has 2 heterocycles. The Hall–Kier alpha value is -0.820. The van der Waals surface area contributed by atoms with Crippen molar-refractivity contribution in [2.75, 3.05) is 13.2 Å². The Labute approximate surface area is 331 Å². The molecule has 2 saturated heterocycles. The zero-order valence-corrected chi connectivity index (χ0v) is 34.6. The smallest absolute Gasteiger partial charge is 0.187 e. The van der Waals surface area contributed by atoms with Gasteiger partial charge in [-0.25, -0.2) is 0 Å². The maximum atomic E-state index is 12.6. The van der Waals surface area contributed by atoms with E-state index in [4.69, 9.17) is 18.9 Å². The zero-order chi connectivity index (χ0) is 41.5. The minimum atomic E-state index is -1.61. The molecule has 6 fully saturated rings. The molecule has 21 atom stereocenters. The average molecular weight is 801 g/mol. The van der Waals surface area contributed by atoms with Gasteiger partial charge in [0.25, 0.3) is 0 Å². The fourth-order valence-electron chi connectivity index (χ4n) is 13.5. The van der Waals surface area contributed by atoms with Gasteiger partial charge >= 0.3 is 0 Å². The van der Waals surface area contributed by atoms with Crippen LogP contribution in [-0.2, 0) is 18.9 Å². The van der Waals surface area contributed by atoms with Crippen molar-refractivity contribution in [2.24, 2.45) is 45.3 Å². The number of aliphatic hydroxyl groups excluding tert-OH is 10. The van der Waals surface area contributed by atoms with E-state index in [1.54, 1.807) is 0 Å². The molecule has 4 aliphatic carbocycles. The highest BCUT2D eigenvalue weighted by Crippen LogP contribution is 2.76. The summed E-state index contributed by atoms with van der Waals surface area (Å²) in [5.74, 6) is -0.781. The number of hydrogen-bond donors (Lipinski definition) is 10. The van der Waals surface area contributed by atoms with Crippen molar-refractivity contribution in [2.45, 2.75) is 192 Å². The van der Waals surface area contributed by atoms with Gasteiger partial charge in [0.2, 0.25) is 0 Å². The molecular weight excluding hydrogens is 728 g/mol. The van der Waals surface area contributed by atoms with Gasteiger partial charge in [-0.05, 0) is 117 Å². The third-order valence-corrected chi connectivity index (χ3v) is 16.6. The molecule has 0 aromatic heterocycles. The first kappa shape index (κ1) is 44.7. The van der Waals surface area contributed by atoms with Crippen LogP contribution in [0.5, 0.6) is 0 Å². The summed E-state index contributed by atoms with van der Waals surface area (Å²) in [4.78, 5) is 0. The van der Waals surface area contributed by atoms with Gasteiger partial charge < -0.3 is 70.0 Å². The summed E-state index contributed by atoms with van der Waals surface area (Å²) >= 11 is 0. The van der Waals surface area contributed by atoms with Gasteiger partial charge in [-0.2, -0.15) is 0 Å². The average Bonchev–Trinajstić information content (AvgIpc) is 3.52. The van der Waals surface area contributed by atoms with Gasteiger partial charge in [0, 0.05) is 0 Å². The number of fused-ring (bicyclic) bond motifs is 5. The molecule has 0 amide bonds. The van der Waals surface area contributed by atoms with Crippen molar-refractivity contribution in [3.8, 4) is 0 Å². The molecule has 0 spiro atoms. The quantitative estimate of drug-likeness (QED) is 0.110. The highest BCUT2D eigenvalue weighted by Gasteiger charge is 2.74. The summed E-state index contributed by atoms with van der Waals surface area (Å²) in [6.45, 7) is 15.7. The third-order valence-electron chi connectivity index (χ3n) is 16.6. The lowest BCUT2D eigenvalue weighted by atomic mass is 9.34. The fraction of sp³-hybridized carbons (Fsp3) is 0.952. The van der Waals surface area contributed by atoms with Crippen molar-refractivity contribution >= 4 is 0 Å². The summed E-state index contributed by atoms with van der Waals surface area (Å²) in [6, 6.07) is 0. The lowest BCUT2D eigenvalue weighted by Crippen LogP contribution is -2.71. The second-order valence-electron chi connectivity index (χ2n) is 20.2. The number of hydrogen-bond acceptors (Lipinski definition) is 14. The highest BCUT2D eigenvalue weighted by molar-refractivity contribution is 5.22. The molecule has 6 rings (SSSR count). The molecule has 2 aliphatic heterocycles. The Balaban J connectivity index is 1.39. The van der Waals surface area contributed by atoms with Crippen LogP contribution in [-0.4, -0.2) is 150 Å². The van der Waals surface area contributed by atoms with Crippen LogP contribution in [0.3, 0.4) is 0 Å². The summed E-state index contributed by atoms with van der Waals surface area (Å²) < 4.78 is 25.4. The molecule has 0 radical (unpaired) electrons. The van der Waals surface area contributed by atoms with Crippen LogP contribution < -0.4 is 0 Å². The predicted octanol–water partition coefficient (Wildman–Crippen LogP) is 1.12. The summed E-state index contributed by atoms with van der Waals surface area (Å²) in [5.41, 5.74) is -1.92. The monoisotopic (exact) mass is 800 g/mol. The molecule has 0 aromatic rings. The lowest BCUT2D eigenvalue weighted by molar-refractivity contribution is -0.349. The van der Waals surface area contributed by atoms with Crippen molar-refractivity contribution in [1.82, 2.24) is 0 Å². The lowest BCUT2D eigenvalue weighted by Gasteiger charge is -2.72. The van der Waals surface area contributed by atoms with Gasteiger partial charge in [0.05, 0.1) is 37.1 Å². The van der Waals surface area contributed by atoms with Crippen LogP contribution in [0.15, 0.2) is 11.6 Å². The van der Waals surface area contributed by atoms with Crippen LogP contribution in [0.2, 0.25) is 0 Å². The van der Waals surface area contributed by atoms with E-state index in [0.717, 1.165) is 12.0 Å². The molecule has 324 valence electrons. The van der Waals surface area contributed by atoms with E-state index in [-0.39, 0.29) is 23.7 Å². The van der Waals surface area contributed by atoms with Gasteiger partial charge in [0.15, 0.2) is 12.6 Å². The first-order chi connectivity index (χ1) is 26.0. The Morgan fingerprint density at radius 3 is 1.89 bits per heavy atom. The molecule has 6 aliphatic rings. The predicted molar refractivity (Wildman–Crippen MR) is 202 cm³/mol. The van der Waals surface area contributed by atoms with E-state index in [1.807, 2.05) is 34.6 Å². The molecule has 56 heavy (non-hydrogen) atoms. The molecule has 0 aromatic carbocycles. The largest absolute Gasteiger partial charge is 0.394 e. The maximum Gasteiger partial charge on any atom is 0.187 e. The van der Waals surface area contributed by atoms with Crippen molar-refractivity contribution < 1.29 is 70.0 Å². The second-order valence-corrected chi connectivity index (χ2v) is 20.2. The van der Waals surface area contributed by atoms with Gasteiger partial charge in [-0.3, -0.25) is 0 Å². The Morgan fingerprint density at radius 1 is 0.750 bits per heavy atom. The molecular formula is C42H72O14. The Morgan fingerprint density at radius 2 is 1.32 bits per heavy atom. The maximum absolute atomic E-state index is 12.6. The van der Waals surface area contributed by atoms with E-state index in [1.165, 1.54) is 0 Å². The number of aliphatic hydroxyl groups is 10. The minimum absolute atomic E-state index is 0.000258. The van der Waals surface area contributed by atoms with E-state index in [2.05, 4.69) is 26.8 Å². The summed E-state index contributed by atoms with van der Waals surface area (Å²) in [5, 5.41) is 109. The molecule has 10 N–H and O–H groups in total. The molecule has 3 unspecified atom stereocenters. The van der Waals surface area contributed by atoms with E-state index in [9.17, 15) is 51.1 Å².